The first-order valence-corrected chi connectivity index (χ1v) is 5.20. The molecule has 0 aliphatic heterocycles. The van der Waals surface area contributed by atoms with Crippen molar-refractivity contribution in [3.05, 3.63) is 41.8 Å². The summed E-state index contributed by atoms with van der Waals surface area (Å²) in [7, 11) is 0. The van der Waals surface area contributed by atoms with Crippen LogP contribution in [0.2, 0.25) is 5.02 Å². The van der Waals surface area contributed by atoms with Crippen molar-refractivity contribution in [2.45, 2.75) is 25.7 Å². The van der Waals surface area contributed by atoms with Gasteiger partial charge in [-0.2, -0.15) is 0 Å². The van der Waals surface area contributed by atoms with Crippen LogP contribution in [-0.2, 0) is 0 Å². The van der Waals surface area contributed by atoms with Crippen LogP contribution in [0.4, 0.5) is 0 Å². The van der Waals surface area contributed by atoms with Crippen molar-refractivity contribution >= 4 is 17.4 Å². The van der Waals surface area contributed by atoms with Crippen molar-refractivity contribution in [3.8, 4) is 0 Å². The van der Waals surface area contributed by atoms with Crippen LogP contribution < -0.4 is 0 Å². The molecule has 0 unspecified atom stereocenters. The fourth-order valence-corrected chi connectivity index (χ4v) is 1.53. The van der Waals surface area contributed by atoms with Crippen molar-refractivity contribution in [3.63, 3.8) is 0 Å². The van der Waals surface area contributed by atoms with E-state index < -0.39 is 0 Å². The minimum absolute atomic E-state index is 0.129. The van der Waals surface area contributed by atoms with E-state index in [-0.39, 0.29) is 5.78 Å². The van der Waals surface area contributed by atoms with Gasteiger partial charge < -0.3 is 0 Å². The molecule has 1 radical (unpaired) electrons. The van der Waals surface area contributed by atoms with Crippen LogP contribution in [0.15, 0.2) is 24.3 Å². The van der Waals surface area contributed by atoms with Crippen LogP contribution in [0.3, 0.4) is 0 Å². The Morgan fingerprint density at radius 2 is 2.00 bits per heavy atom. The van der Waals surface area contributed by atoms with Crippen molar-refractivity contribution in [2.75, 3.05) is 0 Å². The van der Waals surface area contributed by atoms with Crippen molar-refractivity contribution < 1.29 is 4.79 Å². The molecule has 0 amide bonds. The van der Waals surface area contributed by atoms with Gasteiger partial charge in [-0.15, -0.1) is 0 Å². The standard InChI is InChI=1S/C12H14ClO/c1-2-3-4-9-12(14)10-7-5-6-8-11(10)13/h5-8H,1-4,9H2. The maximum absolute atomic E-state index is 11.6. The molecule has 0 saturated heterocycles. The van der Waals surface area contributed by atoms with Crippen LogP contribution in [0.5, 0.6) is 0 Å². The zero-order valence-corrected chi connectivity index (χ0v) is 8.89. The zero-order chi connectivity index (χ0) is 10.4. The third-order valence-electron chi connectivity index (χ3n) is 2.08. The first-order valence-electron chi connectivity index (χ1n) is 4.82. The van der Waals surface area contributed by atoms with Crippen LogP contribution in [0.25, 0.3) is 0 Å². The van der Waals surface area contributed by atoms with Gasteiger partial charge in [0, 0.05) is 12.0 Å². The summed E-state index contributed by atoms with van der Waals surface area (Å²) in [6, 6.07) is 7.18. The summed E-state index contributed by atoms with van der Waals surface area (Å²) in [4.78, 5) is 11.6. The zero-order valence-electron chi connectivity index (χ0n) is 8.13. The summed E-state index contributed by atoms with van der Waals surface area (Å²) in [5.41, 5.74) is 0.637. The molecular formula is C12H14ClO. The third-order valence-corrected chi connectivity index (χ3v) is 2.41. The summed E-state index contributed by atoms with van der Waals surface area (Å²) >= 11 is 5.90. The van der Waals surface area contributed by atoms with E-state index in [4.69, 9.17) is 11.6 Å². The Balaban J connectivity index is 2.56. The predicted octanol–water partition coefficient (Wildman–Crippen LogP) is 3.92. The van der Waals surface area contributed by atoms with E-state index in [9.17, 15) is 4.79 Å². The molecule has 1 aromatic carbocycles. The second-order valence-corrected chi connectivity index (χ2v) is 3.62. The highest BCUT2D eigenvalue weighted by Crippen LogP contribution is 2.17. The average molecular weight is 210 g/mol. The monoisotopic (exact) mass is 209 g/mol. The Kier molecular flexibility index (Phi) is 4.68. The van der Waals surface area contributed by atoms with Gasteiger partial charge in [0.2, 0.25) is 0 Å². The summed E-state index contributed by atoms with van der Waals surface area (Å²) in [6.07, 6.45) is 3.35. The molecule has 1 nitrogen and oxygen atoms in total. The van der Waals surface area contributed by atoms with E-state index in [0.717, 1.165) is 19.3 Å². The Labute approximate surface area is 90.1 Å². The molecule has 0 fully saturated rings. The lowest BCUT2D eigenvalue weighted by Gasteiger charge is -2.02. The summed E-state index contributed by atoms with van der Waals surface area (Å²) in [5.74, 6) is 0.129. The van der Waals surface area contributed by atoms with E-state index in [2.05, 4.69) is 6.92 Å². The lowest BCUT2D eigenvalue weighted by Crippen LogP contribution is -1.99. The minimum atomic E-state index is 0.129. The number of carbonyl (C=O) groups is 1. The quantitative estimate of drug-likeness (QED) is 0.531. The highest BCUT2D eigenvalue weighted by molar-refractivity contribution is 6.33. The summed E-state index contributed by atoms with van der Waals surface area (Å²) in [5, 5.41) is 0.548. The number of carbonyl (C=O) groups excluding carboxylic acids is 1. The number of unbranched alkanes of at least 4 members (excludes halogenated alkanes) is 2. The second kappa shape index (κ2) is 5.82. The molecule has 0 spiro atoms. The number of hydrogen-bond acceptors (Lipinski definition) is 1. The average Bonchev–Trinajstić information content (AvgIpc) is 2.18. The van der Waals surface area contributed by atoms with Gasteiger partial charge in [-0.3, -0.25) is 4.79 Å². The van der Waals surface area contributed by atoms with Crippen LogP contribution in [-0.4, -0.2) is 5.78 Å². The molecule has 0 bridgehead atoms. The number of hydrogen-bond donors (Lipinski definition) is 0. The summed E-state index contributed by atoms with van der Waals surface area (Å²) in [6.45, 7) is 3.74. The highest BCUT2D eigenvalue weighted by Gasteiger charge is 2.08. The SMILES string of the molecule is [CH2]CCCCC(=O)c1ccccc1Cl. The Morgan fingerprint density at radius 1 is 1.29 bits per heavy atom. The molecule has 75 valence electrons. The first kappa shape index (κ1) is 11.3. The van der Waals surface area contributed by atoms with E-state index in [1.807, 2.05) is 12.1 Å². The number of halogens is 1. The molecule has 0 aliphatic carbocycles. The van der Waals surface area contributed by atoms with Crippen molar-refractivity contribution in [2.24, 2.45) is 0 Å². The predicted molar refractivity (Wildman–Crippen MR) is 59.6 cm³/mol. The number of rotatable bonds is 5. The lowest BCUT2D eigenvalue weighted by molar-refractivity contribution is 0.0979. The molecule has 0 N–H and O–H groups in total. The van der Waals surface area contributed by atoms with E-state index in [1.54, 1.807) is 12.1 Å². The molecule has 1 aromatic rings. The van der Waals surface area contributed by atoms with Crippen LogP contribution in [0, 0.1) is 6.92 Å². The number of benzene rings is 1. The molecule has 0 heterocycles. The minimum Gasteiger partial charge on any atom is -0.294 e. The Bertz CT molecular complexity index is 307. The van der Waals surface area contributed by atoms with Gasteiger partial charge >= 0.3 is 0 Å². The van der Waals surface area contributed by atoms with Gasteiger partial charge in [0.05, 0.1) is 5.02 Å². The maximum Gasteiger partial charge on any atom is 0.164 e. The van der Waals surface area contributed by atoms with E-state index in [1.165, 1.54) is 0 Å². The molecule has 0 aromatic heterocycles. The highest BCUT2D eigenvalue weighted by atomic mass is 35.5. The lowest BCUT2D eigenvalue weighted by atomic mass is 10.1. The molecule has 0 aliphatic rings. The van der Waals surface area contributed by atoms with Gasteiger partial charge in [-0.25, -0.2) is 0 Å². The number of Topliss-reactive ketones (excluding diaryl/α,β-unsaturated/α-hetero) is 1. The maximum atomic E-state index is 11.6. The topological polar surface area (TPSA) is 17.1 Å². The number of ketones is 1. The second-order valence-electron chi connectivity index (χ2n) is 3.21. The summed E-state index contributed by atoms with van der Waals surface area (Å²) < 4.78 is 0. The fraction of sp³-hybridized carbons (Fsp3) is 0.333. The van der Waals surface area contributed by atoms with E-state index in [0.29, 0.717) is 17.0 Å². The van der Waals surface area contributed by atoms with Crippen molar-refractivity contribution in [1.82, 2.24) is 0 Å². The smallest absolute Gasteiger partial charge is 0.164 e. The Morgan fingerprint density at radius 3 is 2.64 bits per heavy atom. The molecule has 0 atom stereocenters. The third kappa shape index (κ3) is 3.15. The van der Waals surface area contributed by atoms with Gasteiger partial charge in [-0.1, -0.05) is 43.5 Å². The first-order chi connectivity index (χ1) is 6.75. The van der Waals surface area contributed by atoms with Crippen LogP contribution in [0.1, 0.15) is 36.0 Å². The van der Waals surface area contributed by atoms with Gasteiger partial charge in [-0.05, 0) is 18.6 Å². The van der Waals surface area contributed by atoms with Crippen LogP contribution >= 0.6 is 11.6 Å². The molecule has 2 heteroatoms. The molecule has 1 rings (SSSR count). The van der Waals surface area contributed by atoms with Gasteiger partial charge in [0.1, 0.15) is 0 Å². The van der Waals surface area contributed by atoms with Gasteiger partial charge in [0.25, 0.3) is 0 Å². The Hall–Kier alpha value is -0.820. The normalized spacial score (nSPS) is 10.1. The largest absolute Gasteiger partial charge is 0.294 e. The molecule has 0 saturated carbocycles. The van der Waals surface area contributed by atoms with Gasteiger partial charge in [0.15, 0.2) is 5.78 Å². The molecular weight excluding hydrogens is 196 g/mol. The van der Waals surface area contributed by atoms with Crippen molar-refractivity contribution in [1.29, 1.82) is 0 Å². The fourth-order valence-electron chi connectivity index (χ4n) is 1.28. The molecule has 14 heavy (non-hydrogen) atoms. The van der Waals surface area contributed by atoms with E-state index >= 15 is 0 Å².